The van der Waals surface area contributed by atoms with Crippen LogP contribution >= 0.6 is 0 Å². The highest BCUT2D eigenvalue weighted by Crippen LogP contribution is 2.33. The molecule has 29 heavy (non-hydrogen) atoms. The van der Waals surface area contributed by atoms with Crippen LogP contribution < -0.4 is 19.2 Å². The van der Waals surface area contributed by atoms with Crippen molar-refractivity contribution in [2.24, 2.45) is 0 Å². The Labute approximate surface area is 171 Å². The van der Waals surface area contributed by atoms with Gasteiger partial charge in [0.15, 0.2) is 11.5 Å². The van der Waals surface area contributed by atoms with Crippen molar-refractivity contribution < 1.29 is 23.2 Å². The van der Waals surface area contributed by atoms with E-state index in [4.69, 9.17) is 18.9 Å². The number of methoxy groups -OCH3 is 1. The molecule has 9 heteroatoms. The lowest BCUT2D eigenvalue weighted by Crippen LogP contribution is -2.15. The van der Waals surface area contributed by atoms with Crippen molar-refractivity contribution in [3.05, 3.63) is 35.7 Å². The summed E-state index contributed by atoms with van der Waals surface area (Å²) < 4.78 is 34.9. The van der Waals surface area contributed by atoms with Gasteiger partial charge in [-0.25, -0.2) is 0 Å². The molecule has 0 fully saturated rings. The Bertz CT molecular complexity index is 993. The molecule has 1 atom stereocenters. The lowest BCUT2D eigenvalue weighted by molar-refractivity contribution is 0.172. The molecular weight excluding hydrogens is 394 g/mol. The standard InChI is InChI=1S/C20H22N3O5S/c1-13-16(21-5-4-17(13)26-7-3-6-25-2)12-29(24)20-22-14-10-18-19(11-15(14)23-20)28-9-8-27-18/h4-5,10-11H,3,6-9,12H2,1-2H3/q-1. The van der Waals surface area contributed by atoms with Gasteiger partial charge in [-0.1, -0.05) is 0 Å². The normalized spacial score (nSPS) is 14.1. The van der Waals surface area contributed by atoms with Gasteiger partial charge in [-0.3, -0.25) is 9.19 Å². The first-order valence-corrected chi connectivity index (χ1v) is 10.7. The van der Waals surface area contributed by atoms with Crippen molar-refractivity contribution in [1.82, 2.24) is 15.0 Å². The van der Waals surface area contributed by atoms with Crippen LogP contribution in [0.25, 0.3) is 11.0 Å². The molecule has 3 heterocycles. The van der Waals surface area contributed by atoms with Crippen LogP contribution in [0.4, 0.5) is 0 Å². The number of fused-ring (bicyclic) bond motifs is 2. The van der Waals surface area contributed by atoms with E-state index in [0.717, 1.165) is 17.7 Å². The maximum atomic E-state index is 12.9. The fraction of sp³-hybridized carbons (Fsp3) is 0.400. The van der Waals surface area contributed by atoms with Gasteiger partial charge in [-0.15, -0.1) is 0 Å². The van der Waals surface area contributed by atoms with Crippen LogP contribution in [-0.4, -0.2) is 47.7 Å². The number of benzene rings is 1. The second-order valence-corrected chi connectivity index (χ2v) is 7.90. The first kappa shape index (κ1) is 19.7. The molecule has 154 valence electrons. The van der Waals surface area contributed by atoms with Crippen LogP contribution in [0, 0.1) is 6.92 Å². The van der Waals surface area contributed by atoms with Crippen molar-refractivity contribution >= 4 is 21.8 Å². The summed E-state index contributed by atoms with van der Waals surface area (Å²) in [7, 11) is 0.224. The second kappa shape index (κ2) is 8.79. The smallest absolute Gasteiger partial charge is 0.161 e. The maximum Gasteiger partial charge on any atom is 0.161 e. The second-order valence-electron chi connectivity index (χ2n) is 6.56. The van der Waals surface area contributed by atoms with Crippen molar-refractivity contribution in [2.45, 2.75) is 24.3 Å². The van der Waals surface area contributed by atoms with Gasteiger partial charge in [0, 0.05) is 37.1 Å². The Hall–Kier alpha value is -2.65. The quantitative estimate of drug-likeness (QED) is 0.517. The molecule has 0 saturated carbocycles. The van der Waals surface area contributed by atoms with E-state index in [1.807, 2.05) is 13.0 Å². The van der Waals surface area contributed by atoms with E-state index in [1.54, 1.807) is 25.4 Å². The fourth-order valence-corrected chi connectivity index (χ4v) is 4.08. The predicted octanol–water partition coefficient (Wildman–Crippen LogP) is 2.39. The van der Waals surface area contributed by atoms with Gasteiger partial charge in [-0.05, 0) is 36.2 Å². The number of pyridine rings is 1. The minimum Gasteiger partial charge on any atom is -0.493 e. The van der Waals surface area contributed by atoms with Gasteiger partial charge in [-0.2, -0.15) is 0 Å². The Morgan fingerprint density at radius 3 is 2.79 bits per heavy atom. The summed E-state index contributed by atoms with van der Waals surface area (Å²) in [6.45, 7) is 4.10. The third-order valence-electron chi connectivity index (χ3n) is 4.55. The van der Waals surface area contributed by atoms with Crippen LogP contribution in [0.15, 0.2) is 29.6 Å². The van der Waals surface area contributed by atoms with Gasteiger partial charge in [0.05, 0.1) is 28.9 Å². The number of nitrogens with zero attached hydrogens (tertiary/aromatic N) is 3. The highest BCUT2D eigenvalue weighted by Gasteiger charge is 2.14. The molecule has 0 N–H and O–H groups in total. The van der Waals surface area contributed by atoms with Crippen LogP contribution in [0.3, 0.4) is 0 Å². The number of ether oxygens (including phenoxy) is 4. The Morgan fingerprint density at radius 2 is 2.00 bits per heavy atom. The molecule has 0 amide bonds. The van der Waals surface area contributed by atoms with Crippen LogP contribution in [0.1, 0.15) is 17.7 Å². The van der Waals surface area contributed by atoms with E-state index < -0.39 is 10.8 Å². The topological polar surface area (TPSA) is 93.9 Å². The van der Waals surface area contributed by atoms with Crippen LogP contribution in [0.2, 0.25) is 0 Å². The van der Waals surface area contributed by atoms with E-state index in [2.05, 4.69) is 15.0 Å². The van der Waals surface area contributed by atoms with Crippen LogP contribution in [-0.2, 0) is 21.3 Å². The van der Waals surface area contributed by atoms with Crippen LogP contribution in [0.5, 0.6) is 17.2 Å². The van der Waals surface area contributed by atoms with Crippen molar-refractivity contribution in [2.75, 3.05) is 33.5 Å². The lowest BCUT2D eigenvalue weighted by Gasteiger charge is -2.18. The first-order valence-electron chi connectivity index (χ1n) is 9.34. The summed E-state index contributed by atoms with van der Waals surface area (Å²) >= 11 is 0. The number of hydrogen-bond donors (Lipinski definition) is 0. The number of rotatable bonds is 8. The Kier molecular flexibility index (Phi) is 5.96. The Balaban J connectivity index is 1.50. The summed E-state index contributed by atoms with van der Waals surface area (Å²) in [5, 5.41) is 0.273. The SMILES string of the molecule is COCCCOc1ccnc(CS(=O)c2nc3cc4c(cc3[n-]2)OCCO4)c1C. The van der Waals surface area contributed by atoms with Gasteiger partial charge in [0.2, 0.25) is 0 Å². The molecular formula is C20H22N3O5S-. The molecule has 2 aromatic heterocycles. The first-order chi connectivity index (χ1) is 14.2. The van der Waals surface area contributed by atoms with Crippen molar-refractivity contribution in [1.29, 1.82) is 0 Å². The molecule has 0 aliphatic carbocycles. The van der Waals surface area contributed by atoms with Crippen molar-refractivity contribution in [3.63, 3.8) is 0 Å². The molecule has 1 unspecified atom stereocenters. The summed E-state index contributed by atoms with van der Waals surface area (Å²) in [5.41, 5.74) is 2.84. The number of aromatic nitrogens is 3. The summed E-state index contributed by atoms with van der Waals surface area (Å²) in [6.07, 6.45) is 2.46. The third-order valence-corrected chi connectivity index (χ3v) is 5.68. The molecule has 3 aromatic rings. The molecule has 1 aliphatic heterocycles. The largest absolute Gasteiger partial charge is 0.493 e. The van der Waals surface area contributed by atoms with E-state index in [1.165, 1.54) is 0 Å². The molecule has 0 saturated heterocycles. The number of imidazole rings is 1. The van der Waals surface area contributed by atoms with Gasteiger partial charge < -0.3 is 28.9 Å². The lowest BCUT2D eigenvalue weighted by atomic mass is 10.2. The van der Waals surface area contributed by atoms with E-state index in [9.17, 15) is 4.21 Å². The average Bonchev–Trinajstić information content (AvgIpc) is 3.15. The van der Waals surface area contributed by atoms with E-state index in [-0.39, 0.29) is 10.9 Å². The zero-order valence-electron chi connectivity index (χ0n) is 16.3. The van der Waals surface area contributed by atoms with Gasteiger partial charge in [0.25, 0.3) is 0 Å². The number of hydrogen-bond acceptors (Lipinski definition) is 7. The molecule has 1 aromatic carbocycles. The van der Waals surface area contributed by atoms with Crippen molar-refractivity contribution in [3.8, 4) is 17.2 Å². The molecule has 4 rings (SSSR count). The predicted molar refractivity (Wildman–Crippen MR) is 107 cm³/mol. The van der Waals surface area contributed by atoms with E-state index >= 15 is 0 Å². The highest BCUT2D eigenvalue weighted by atomic mass is 32.2. The fourth-order valence-electron chi connectivity index (χ4n) is 3.01. The van der Waals surface area contributed by atoms with E-state index in [0.29, 0.717) is 54.7 Å². The Morgan fingerprint density at radius 1 is 1.21 bits per heavy atom. The minimum absolute atomic E-state index is 0.212. The maximum absolute atomic E-state index is 12.9. The summed E-state index contributed by atoms with van der Waals surface area (Å²) in [6, 6.07) is 5.36. The van der Waals surface area contributed by atoms with Gasteiger partial charge in [0.1, 0.15) is 19.0 Å². The molecule has 8 nitrogen and oxygen atoms in total. The minimum atomic E-state index is -1.44. The molecule has 0 bridgehead atoms. The summed E-state index contributed by atoms with van der Waals surface area (Å²) in [5.74, 6) is 2.22. The highest BCUT2D eigenvalue weighted by molar-refractivity contribution is 7.84. The molecule has 0 spiro atoms. The zero-order valence-corrected chi connectivity index (χ0v) is 17.2. The monoisotopic (exact) mass is 416 g/mol. The molecule has 1 aliphatic rings. The zero-order chi connectivity index (χ0) is 20.2. The average molecular weight is 416 g/mol. The van der Waals surface area contributed by atoms with Gasteiger partial charge >= 0.3 is 0 Å². The third kappa shape index (κ3) is 4.35. The molecule has 0 radical (unpaired) electrons. The summed E-state index contributed by atoms with van der Waals surface area (Å²) in [4.78, 5) is 13.2.